The van der Waals surface area contributed by atoms with Gasteiger partial charge in [-0.2, -0.15) is 0 Å². The van der Waals surface area contributed by atoms with Crippen molar-refractivity contribution in [3.05, 3.63) is 92.1 Å². The van der Waals surface area contributed by atoms with E-state index in [4.69, 9.17) is 9.47 Å². The molecule has 8 heteroatoms. The molecule has 0 spiro atoms. The lowest BCUT2D eigenvalue weighted by atomic mass is 10.0. The van der Waals surface area contributed by atoms with Crippen molar-refractivity contribution in [1.29, 1.82) is 0 Å². The molecule has 1 fully saturated rings. The number of methoxy groups -OCH3 is 1. The number of benzene rings is 3. The molecule has 1 heterocycles. The van der Waals surface area contributed by atoms with Crippen LogP contribution in [-0.4, -0.2) is 25.0 Å². The van der Waals surface area contributed by atoms with E-state index in [1.807, 2.05) is 50.2 Å². The van der Waals surface area contributed by atoms with Gasteiger partial charge in [0.25, 0.3) is 11.8 Å². The maximum atomic E-state index is 13.3. The Hall–Kier alpha value is -3.66. The van der Waals surface area contributed by atoms with Crippen LogP contribution in [0.4, 0.5) is 10.5 Å². The zero-order valence-electron chi connectivity index (χ0n) is 19.4. The molecule has 7 nitrogen and oxygen atoms in total. The van der Waals surface area contributed by atoms with E-state index in [1.54, 1.807) is 24.3 Å². The van der Waals surface area contributed by atoms with Gasteiger partial charge in [-0.05, 0) is 89.0 Å². The Morgan fingerprint density at radius 3 is 2.31 bits per heavy atom. The Labute approximate surface area is 216 Å². The summed E-state index contributed by atoms with van der Waals surface area (Å²) >= 11 is 2.12. The lowest BCUT2D eigenvalue weighted by Crippen LogP contribution is -2.54. The van der Waals surface area contributed by atoms with E-state index < -0.39 is 17.8 Å². The molecule has 1 aliphatic heterocycles. The van der Waals surface area contributed by atoms with Crippen LogP contribution < -0.4 is 19.7 Å². The number of nitrogens with one attached hydrogen (secondary N) is 1. The molecule has 0 bridgehead atoms. The second kappa shape index (κ2) is 10.3. The van der Waals surface area contributed by atoms with Gasteiger partial charge >= 0.3 is 6.03 Å². The van der Waals surface area contributed by atoms with Crippen LogP contribution in [0, 0.1) is 17.4 Å². The van der Waals surface area contributed by atoms with Gasteiger partial charge in [0.15, 0.2) is 11.5 Å². The Morgan fingerprint density at radius 2 is 1.66 bits per heavy atom. The van der Waals surface area contributed by atoms with E-state index in [-0.39, 0.29) is 5.57 Å². The van der Waals surface area contributed by atoms with E-state index in [0.717, 1.165) is 25.2 Å². The monoisotopic (exact) mass is 582 g/mol. The van der Waals surface area contributed by atoms with Crippen LogP contribution in [0.25, 0.3) is 6.08 Å². The SMILES string of the molecule is COc1cc(C=C2C(=O)NC(=O)N(c3cc(C)cc(C)c3)C2=O)cc(I)c1OCc1ccccc1. The minimum Gasteiger partial charge on any atom is -0.493 e. The number of carbonyl (C=O) groups excluding carboxylic acids is 3. The van der Waals surface area contributed by atoms with Crippen molar-refractivity contribution in [3.8, 4) is 11.5 Å². The molecule has 0 atom stereocenters. The van der Waals surface area contributed by atoms with Crippen molar-refractivity contribution in [2.75, 3.05) is 12.0 Å². The van der Waals surface area contributed by atoms with Gasteiger partial charge in [-0.3, -0.25) is 14.9 Å². The minimum atomic E-state index is -0.779. The molecule has 3 aromatic rings. The highest BCUT2D eigenvalue weighted by Gasteiger charge is 2.37. The van der Waals surface area contributed by atoms with Crippen LogP contribution in [-0.2, 0) is 16.2 Å². The average molecular weight is 582 g/mol. The minimum absolute atomic E-state index is 0.153. The van der Waals surface area contributed by atoms with Crippen molar-refractivity contribution >= 4 is 52.2 Å². The number of anilines is 1. The third kappa shape index (κ3) is 5.37. The van der Waals surface area contributed by atoms with Gasteiger partial charge in [0.1, 0.15) is 12.2 Å². The lowest BCUT2D eigenvalue weighted by Gasteiger charge is -2.27. The molecule has 178 valence electrons. The van der Waals surface area contributed by atoms with Gasteiger partial charge in [-0.1, -0.05) is 36.4 Å². The number of barbiturate groups is 1. The highest BCUT2D eigenvalue weighted by Crippen LogP contribution is 2.35. The molecule has 3 aromatic carbocycles. The van der Waals surface area contributed by atoms with E-state index in [9.17, 15) is 14.4 Å². The zero-order chi connectivity index (χ0) is 25.1. The fourth-order valence-electron chi connectivity index (χ4n) is 3.83. The largest absolute Gasteiger partial charge is 0.493 e. The molecule has 0 unspecified atom stereocenters. The molecule has 35 heavy (non-hydrogen) atoms. The van der Waals surface area contributed by atoms with Crippen LogP contribution in [0.3, 0.4) is 0 Å². The molecule has 0 aliphatic carbocycles. The van der Waals surface area contributed by atoms with Crippen molar-refractivity contribution in [1.82, 2.24) is 5.32 Å². The first-order valence-electron chi connectivity index (χ1n) is 10.8. The molecule has 1 saturated heterocycles. The average Bonchev–Trinajstić information content (AvgIpc) is 2.80. The van der Waals surface area contributed by atoms with Gasteiger partial charge in [0, 0.05) is 0 Å². The maximum Gasteiger partial charge on any atom is 0.335 e. The number of rotatable bonds is 6. The quantitative estimate of drug-likeness (QED) is 0.247. The summed E-state index contributed by atoms with van der Waals surface area (Å²) in [6.07, 6.45) is 1.45. The van der Waals surface area contributed by atoms with E-state index in [2.05, 4.69) is 27.9 Å². The van der Waals surface area contributed by atoms with Gasteiger partial charge < -0.3 is 9.47 Å². The number of amides is 4. The van der Waals surface area contributed by atoms with Gasteiger partial charge in [0.05, 0.1) is 16.4 Å². The van der Waals surface area contributed by atoms with Crippen molar-refractivity contribution in [3.63, 3.8) is 0 Å². The Balaban J connectivity index is 1.66. The van der Waals surface area contributed by atoms with E-state index >= 15 is 0 Å². The number of hydrogen-bond acceptors (Lipinski definition) is 5. The molecular formula is C27H23IN2O5. The van der Waals surface area contributed by atoms with Crippen LogP contribution >= 0.6 is 22.6 Å². The predicted molar refractivity (Wildman–Crippen MR) is 141 cm³/mol. The number of hydrogen-bond donors (Lipinski definition) is 1. The van der Waals surface area contributed by atoms with Gasteiger partial charge in [0.2, 0.25) is 0 Å². The number of nitrogens with zero attached hydrogens (tertiary/aromatic N) is 1. The topological polar surface area (TPSA) is 84.9 Å². The summed E-state index contributed by atoms with van der Waals surface area (Å²) in [6, 6.07) is 17.8. The number of carbonyl (C=O) groups is 3. The number of aryl methyl sites for hydroxylation is 2. The summed E-state index contributed by atoms with van der Waals surface area (Å²) in [7, 11) is 1.52. The number of halogens is 1. The molecule has 0 radical (unpaired) electrons. The second-order valence-corrected chi connectivity index (χ2v) is 9.27. The van der Waals surface area contributed by atoms with Gasteiger partial charge in [-0.15, -0.1) is 0 Å². The number of ether oxygens (including phenoxy) is 2. The standard InChI is InChI=1S/C27H23IN2O5/c1-16-9-17(2)11-20(10-16)30-26(32)21(25(31)29-27(30)33)12-19-13-22(28)24(23(14-19)34-3)35-15-18-7-5-4-6-8-18/h4-14H,15H2,1-3H3,(H,29,31,33). The Morgan fingerprint density at radius 1 is 0.971 bits per heavy atom. The highest BCUT2D eigenvalue weighted by atomic mass is 127. The van der Waals surface area contributed by atoms with E-state index in [1.165, 1.54) is 13.2 Å². The van der Waals surface area contributed by atoms with Crippen LogP contribution in [0.5, 0.6) is 11.5 Å². The summed E-state index contributed by atoms with van der Waals surface area (Å²) in [5, 5.41) is 2.26. The molecule has 1 N–H and O–H groups in total. The smallest absolute Gasteiger partial charge is 0.335 e. The highest BCUT2D eigenvalue weighted by molar-refractivity contribution is 14.1. The number of imide groups is 2. The molecular weight excluding hydrogens is 559 g/mol. The van der Waals surface area contributed by atoms with Crippen LogP contribution in [0.2, 0.25) is 0 Å². The first-order chi connectivity index (χ1) is 16.8. The lowest BCUT2D eigenvalue weighted by molar-refractivity contribution is -0.122. The first kappa shape index (κ1) is 24.5. The normalized spacial score (nSPS) is 14.8. The Kier molecular flexibility index (Phi) is 7.20. The summed E-state index contributed by atoms with van der Waals surface area (Å²) in [4.78, 5) is 39.4. The molecule has 1 aliphatic rings. The zero-order valence-corrected chi connectivity index (χ0v) is 21.6. The fraction of sp³-hybridized carbons (Fsp3) is 0.148. The van der Waals surface area contributed by atoms with Gasteiger partial charge in [-0.25, -0.2) is 9.69 Å². The predicted octanol–water partition coefficient (Wildman–Crippen LogP) is 5.16. The van der Waals surface area contributed by atoms with E-state index in [0.29, 0.717) is 29.4 Å². The number of urea groups is 1. The van der Waals surface area contributed by atoms with Crippen molar-refractivity contribution < 1.29 is 23.9 Å². The third-order valence-electron chi connectivity index (χ3n) is 5.36. The first-order valence-corrected chi connectivity index (χ1v) is 11.9. The Bertz CT molecular complexity index is 1330. The molecule has 4 amide bonds. The second-order valence-electron chi connectivity index (χ2n) is 8.11. The maximum absolute atomic E-state index is 13.3. The molecule has 4 rings (SSSR count). The van der Waals surface area contributed by atoms with Crippen molar-refractivity contribution in [2.24, 2.45) is 0 Å². The fourth-order valence-corrected chi connectivity index (χ4v) is 4.61. The summed E-state index contributed by atoms with van der Waals surface area (Å²) < 4.78 is 12.3. The third-order valence-corrected chi connectivity index (χ3v) is 6.16. The van der Waals surface area contributed by atoms with Crippen molar-refractivity contribution in [2.45, 2.75) is 20.5 Å². The summed E-state index contributed by atoms with van der Waals surface area (Å²) in [5.41, 5.74) is 3.62. The van der Waals surface area contributed by atoms with Crippen LogP contribution in [0.15, 0.2) is 66.2 Å². The molecule has 0 saturated carbocycles. The summed E-state index contributed by atoms with van der Waals surface area (Å²) in [5.74, 6) is -0.419. The molecule has 0 aromatic heterocycles. The summed E-state index contributed by atoms with van der Waals surface area (Å²) in [6.45, 7) is 4.11. The van der Waals surface area contributed by atoms with Crippen LogP contribution in [0.1, 0.15) is 22.3 Å².